The maximum absolute atomic E-state index is 13.2. The molecule has 1 N–H and O–H groups in total. The van der Waals surface area contributed by atoms with E-state index >= 15 is 0 Å². The molecule has 1 saturated carbocycles. The van der Waals surface area contributed by atoms with Crippen LogP contribution in [0.2, 0.25) is 0 Å². The minimum Gasteiger partial charge on any atom is -0.393 e. The van der Waals surface area contributed by atoms with Gasteiger partial charge in [0, 0.05) is 29.1 Å². The van der Waals surface area contributed by atoms with E-state index in [0.29, 0.717) is 25.3 Å². The number of hydrogen-bond donors (Lipinski definition) is 1. The molecule has 132 valence electrons. The second kappa shape index (κ2) is 6.73. The van der Waals surface area contributed by atoms with Crippen LogP contribution in [0.5, 0.6) is 0 Å². The molecule has 5 heteroatoms. The number of aliphatic hydroxyl groups is 1. The molecule has 4 rings (SSSR count). The van der Waals surface area contributed by atoms with Crippen molar-refractivity contribution in [1.29, 1.82) is 0 Å². The second-order valence-corrected chi connectivity index (χ2v) is 7.16. The van der Waals surface area contributed by atoms with Gasteiger partial charge in [-0.15, -0.1) is 0 Å². The average Bonchev–Trinajstić information content (AvgIpc) is 3.06. The van der Waals surface area contributed by atoms with Crippen LogP contribution in [-0.4, -0.2) is 52.8 Å². The van der Waals surface area contributed by atoms with Crippen LogP contribution in [0.25, 0.3) is 10.9 Å². The van der Waals surface area contributed by atoms with Crippen molar-refractivity contribution in [2.24, 2.45) is 5.92 Å². The van der Waals surface area contributed by atoms with Crippen LogP contribution in [0.3, 0.4) is 0 Å². The van der Waals surface area contributed by atoms with E-state index < -0.39 is 0 Å². The van der Waals surface area contributed by atoms with Gasteiger partial charge in [-0.05, 0) is 44.0 Å². The summed E-state index contributed by atoms with van der Waals surface area (Å²) in [6.45, 7) is 3.61. The molecule has 0 bridgehead atoms. The Hall–Kier alpha value is -1.98. The number of aliphatic hydroxyl groups excluding tert-OH is 1. The average molecular weight is 340 g/mol. The fourth-order valence-electron chi connectivity index (χ4n) is 4.17. The first-order valence-electron chi connectivity index (χ1n) is 9.08. The number of amides is 1. The van der Waals surface area contributed by atoms with Gasteiger partial charge in [0.15, 0.2) is 0 Å². The largest absolute Gasteiger partial charge is 0.393 e. The van der Waals surface area contributed by atoms with Gasteiger partial charge in [0.2, 0.25) is 0 Å². The van der Waals surface area contributed by atoms with E-state index in [1.165, 1.54) is 0 Å². The first kappa shape index (κ1) is 16.5. The third-order valence-electron chi connectivity index (χ3n) is 5.53. The van der Waals surface area contributed by atoms with Crippen LogP contribution >= 0.6 is 0 Å². The van der Waals surface area contributed by atoms with Crippen molar-refractivity contribution in [1.82, 2.24) is 9.88 Å². The number of fused-ring (bicyclic) bond motifs is 1. The molecule has 1 aromatic carbocycles. The second-order valence-electron chi connectivity index (χ2n) is 7.16. The van der Waals surface area contributed by atoms with Gasteiger partial charge in [-0.2, -0.15) is 0 Å². The molecule has 2 heterocycles. The number of carbonyl (C=O) groups excluding carboxylic acids is 1. The van der Waals surface area contributed by atoms with Crippen molar-refractivity contribution in [2.75, 3.05) is 19.8 Å². The Labute approximate surface area is 147 Å². The molecule has 2 fully saturated rings. The number of hydrogen-bond acceptors (Lipinski definition) is 4. The highest BCUT2D eigenvalue weighted by atomic mass is 16.5. The van der Waals surface area contributed by atoms with Crippen molar-refractivity contribution in [3.8, 4) is 0 Å². The van der Waals surface area contributed by atoms with Gasteiger partial charge in [0.1, 0.15) is 0 Å². The summed E-state index contributed by atoms with van der Waals surface area (Å²) in [6, 6.07) is 9.62. The number of nitrogens with zero attached hydrogens (tertiary/aromatic N) is 2. The molecule has 25 heavy (non-hydrogen) atoms. The zero-order chi connectivity index (χ0) is 17.4. The van der Waals surface area contributed by atoms with Crippen molar-refractivity contribution < 1.29 is 14.6 Å². The maximum Gasteiger partial charge on any atom is 0.254 e. The SMILES string of the molecule is Cc1ccc2cc(C(=O)N3CCOC[C@@H]3[C@@H]3CCC[C@H]3O)ccc2n1. The molecule has 1 aliphatic carbocycles. The Morgan fingerprint density at radius 3 is 2.96 bits per heavy atom. The first-order chi connectivity index (χ1) is 12.1. The van der Waals surface area contributed by atoms with Crippen LogP contribution in [-0.2, 0) is 4.74 Å². The lowest BCUT2D eigenvalue weighted by atomic mass is 9.93. The van der Waals surface area contributed by atoms with Gasteiger partial charge in [0.05, 0.1) is 30.9 Å². The number of morpholine rings is 1. The number of pyridine rings is 1. The predicted molar refractivity (Wildman–Crippen MR) is 95.5 cm³/mol. The fraction of sp³-hybridized carbons (Fsp3) is 0.500. The summed E-state index contributed by atoms with van der Waals surface area (Å²) in [5, 5.41) is 11.3. The first-order valence-corrected chi connectivity index (χ1v) is 9.08. The zero-order valence-corrected chi connectivity index (χ0v) is 14.5. The quantitative estimate of drug-likeness (QED) is 0.913. The Morgan fingerprint density at radius 2 is 2.16 bits per heavy atom. The molecule has 0 unspecified atom stereocenters. The van der Waals surface area contributed by atoms with Crippen LogP contribution in [0.4, 0.5) is 0 Å². The maximum atomic E-state index is 13.2. The third kappa shape index (κ3) is 3.14. The highest BCUT2D eigenvalue weighted by molar-refractivity contribution is 5.98. The van der Waals surface area contributed by atoms with Crippen LogP contribution < -0.4 is 0 Å². The van der Waals surface area contributed by atoms with Crippen molar-refractivity contribution in [3.05, 3.63) is 41.6 Å². The van der Waals surface area contributed by atoms with E-state index in [-0.39, 0.29) is 24.0 Å². The molecule has 0 spiro atoms. The minimum absolute atomic E-state index is 0.0230. The van der Waals surface area contributed by atoms with Crippen LogP contribution in [0.1, 0.15) is 35.3 Å². The van der Waals surface area contributed by atoms with Crippen molar-refractivity contribution >= 4 is 16.8 Å². The lowest BCUT2D eigenvalue weighted by molar-refractivity contribution is -0.0383. The van der Waals surface area contributed by atoms with E-state index in [1.54, 1.807) is 0 Å². The number of ether oxygens (including phenoxy) is 1. The summed E-state index contributed by atoms with van der Waals surface area (Å²) >= 11 is 0. The van der Waals surface area contributed by atoms with E-state index in [2.05, 4.69) is 4.98 Å². The lowest BCUT2D eigenvalue weighted by Gasteiger charge is -2.40. The lowest BCUT2D eigenvalue weighted by Crippen LogP contribution is -2.53. The van der Waals surface area contributed by atoms with E-state index in [1.807, 2.05) is 42.2 Å². The van der Waals surface area contributed by atoms with Gasteiger partial charge >= 0.3 is 0 Å². The van der Waals surface area contributed by atoms with Crippen molar-refractivity contribution in [3.63, 3.8) is 0 Å². The third-order valence-corrected chi connectivity index (χ3v) is 5.53. The highest BCUT2D eigenvalue weighted by Crippen LogP contribution is 2.33. The molecule has 0 radical (unpaired) electrons. The summed E-state index contributed by atoms with van der Waals surface area (Å²) in [5.74, 6) is 0.142. The van der Waals surface area contributed by atoms with Gasteiger partial charge < -0.3 is 14.7 Å². The molecule has 1 aliphatic heterocycles. The zero-order valence-electron chi connectivity index (χ0n) is 14.5. The highest BCUT2D eigenvalue weighted by Gasteiger charge is 2.39. The number of carbonyl (C=O) groups is 1. The Bertz CT molecular complexity index is 792. The molecule has 1 saturated heterocycles. The van der Waals surface area contributed by atoms with Gasteiger partial charge in [0.25, 0.3) is 5.91 Å². The molecule has 3 atom stereocenters. The number of benzene rings is 1. The topological polar surface area (TPSA) is 62.7 Å². The molecule has 2 aromatic rings. The molecule has 1 aromatic heterocycles. The molecular formula is C20H24N2O3. The molecule has 5 nitrogen and oxygen atoms in total. The van der Waals surface area contributed by atoms with E-state index in [9.17, 15) is 9.90 Å². The summed E-state index contributed by atoms with van der Waals surface area (Å²) < 4.78 is 5.63. The standard InChI is InChI=1S/C20H24N2O3/c1-13-5-6-14-11-15(7-8-17(14)21-13)20(24)22-9-10-25-12-18(22)16-3-2-4-19(16)23/h5-8,11,16,18-19,23H,2-4,9-10,12H2,1H3/t16-,18+,19+/m0/s1. The predicted octanol–water partition coefficient (Wildman–Crippen LogP) is 2.55. The minimum atomic E-state index is -0.328. The summed E-state index contributed by atoms with van der Waals surface area (Å²) in [4.78, 5) is 19.6. The van der Waals surface area contributed by atoms with E-state index in [0.717, 1.165) is 35.9 Å². The number of aryl methyl sites for hydroxylation is 1. The summed E-state index contributed by atoms with van der Waals surface area (Å²) in [5.41, 5.74) is 2.55. The normalized spacial score (nSPS) is 27.0. The molecule has 2 aliphatic rings. The summed E-state index contributed by atoms with van der Waals surface area (Å²) in [7, 11) is 0. The smallest absolute Gasteiger partial charge is 0.254 e. The Morgan fingerprint density at radius 1 is 1.28 bits per heavy atom. The molecule has 1 amide bonds. The van der Waals surface area contributed by atoms with Gasteiger partial charge in [-0.1, -0.05) is 12.5 Å². The van der Waals surface area contributed by atoms with Gasteiger partial charge in [-0.3, -0.25) is 9.78 Å². The van der Waals surface area contributed by atoms with Gasteiger partial charge in [-0.25, -0.2) is 0 Å². The van der Waals surface area contributed by atoms with Crippen LogP contribution in [0, 0.1) is 12.8 Å². The van der Waals surface area contributed by atoms with Crippen LogP contribution in [0.15, 0.2) is 30.3 Å². The van der Waals surface area contributed by atoms with E-state index in [4.69, 9.17) is 4.74 Å². The summed E-state index contributed by atoms with van der Waals surface area (Å²) in [6.07, 6.45) is 2.47. The number of rotatable bonds is 2. The monoisotopic (exact) mass is 340 g/mol. The number of aromatic nitrogens is 1. The molecular weight excluding hydrogens is 316 g/mol. The Kier molecular flexibility index (Phi) is 4.44. The fourth-order valence-corrected chi connectivity index (χ4v) is 4.17. The Balaban J connectivity index is 1.62. The van der Waals surface area contributed by atoms with Crippen molar-refractivity contribution in [2.45, 2.75) is 38.3 Å².